The Kier molecular flexibility index (Phi) is 7.46. The summed E-state index contributed by atoms with van der Waals surface area (Å²) < 4.78 is 15.4. The van der Waals surface area contributed by atoms with Gasteiger partial charge in [0.05, 0.1) is 30.3 Å². The van der Waals surface area contributed by atoms with Gasteiger partial charge in [0.25, 0.3) is 5.91 Å². The van der Waals surface area contributed by atoms with Crippen molar-refractivity contribution >= 4 is 40.0 Å². The molecule has 12 nitrogen and oxygen atoms in total. The van der Waals surface area contributed by atoms with Gasteiger partial charge in [-0.3, -0.25) is 9.59 Å². The number of aryl methyl sites for hydroxylation is 1. The molecule has 0 bridgehead atoms. The van der Waals surface area contributed by atoms with Gasteiger partial charge < -0.3 is 34.6 Å². The van der Waals surface area contributed by atoms with Gasteiger partial charge in [-0.25, -0.2) is 14.8 Å². The zero-order chi connectivity index (χ0) is 31.3. The van der Waals surface area contributed by atoms with Gasteiger partial charge in [0.2, 0.25) is 5.91 Å². The number of carbonyl (C=O) groups excluding carboxylic acids is 3. The summed E-state index contributed by atoms with van der Waals surface area (Å²) in [6.07, 6.45) is 3.92. The van der Waals surface area contributed by atoms with Crippen molar-refractivity contribution in [2.45, 2.75) is 58.2 Å². The molecular weight excluding hydrogens is 562 g/mol. The minimum Gasteiger partial charge on any atom is -0.494 e. The summed E-state index contributed by atoms with van der Waals surface area (Å²) >= 11 is 0. The molecule has 3 N–H and O–H groups in total. The van der Waals surface area contributed by atoms with Crippen LogP contribution in [-0.4, -0.2) is 73.8 Å². The summed E-state index contributed by atoms with van der Waals surface area (Å²) in [6, 6.07) is 9.04. The Morgan fingerprint density at radius 3 is 2.59 bits per heavy atom. The van der Waals surface area contributed by atoms with Gasteiger partial charge in [-0.2, -0.15) is 0 Å². The highest BCUT2D eigenvalue weighted by Gasteiger charge is 2.35. The van der Waals surface area contributed by atoms with Crippen LogP contribution in [0.15, 0.2) is 36.5 Å². The van der Waals surface area contributed by atoms with Gasteiger partial charge in [0.15, 0.2) is 5.82 Å². The molecule has 2 aliphatic rings. The number of fused-ring (bicyclic) bond motifs is 2. The molecule has 1 saturated heterocycles. The smallest absolute Gasteiger partial charge is 0.407 e. The summed E-state index contributed by atoms with van der Waals surface area (Å²) in [5, 5.41) is 3.84. The number of likely N-dealkylation sites (tertiary alicyclic amines) is 1. The minimum absolute atomic E-state index is 0.142. The maximum Gasteiger partial charge on any atom is 0.407 e. The summed E-state index contributed by atoms with van der Waals surface area (Å²) in [4.78, 5) is 49.9. The number of hydrogen-bond donors (Lipinski definition) is 2. The number of carbonyl (C=O) groups is 3. The number of imidazole rings is 1. The number of aromatic nitrogens is 4. The number of methoxy groups -OCH3 is 1. The first-order valence-electron chi connectivity index (χ1n) is 15.0. The summed E-state index contributed by atoms with van der Waals surface area (Å²) in [7, 11) is 3.50. The standard InChI is InChI=1S/C32H39N7O5/c1-32(2,3)44-31(42)35-22-11-21(27(33)40)16-38(17-22)30(41)20-12-23-26(25(14-20)43-5)37(4)29(36-23)24-13-19-7-6-10-34-28(19)39(24)15-18-8-9-18/h6-7,10,12-14,18,21-22H,8-9,11,15-17H2,1-5H3,(H2,33,40)(H,35,42). The van der Waals surface area contributed by atoms with E-state index in [9.17, 15) is 14.4 Å². The molecule has 2 unspecified atom stereocenters. The van der Waals surface area contributed by atoms with E-state index in [1.165, 1.54) is 12.8 Å². The van der Waals surface area contributed by atoms with Crippen LogP contribution < -0.4 is 15.8 Å². The van der Waals surface area contributed by atoms with Crippen LogP contribution in [0.5, 0.6) is 5.75 Å². The van der Waals surface area contributed by atoms with Gasteiger partial charge in [0.1, 0.15) is 22.5 Å². The van der Waals surface area contributed by atoms with Crippen LogP contribution in [0.1, 0.15) is 50.4 Å². The topological polar surface area (TPSA) is 147 Å². The third kappa shape index (κ3) is 5.80. The predicted octanol–water partition coefficient (Wildman–Crippen LogP) is 3.85. The number of benzene rings is 1. The van der Waals surface area contributed by atoms with Crippen molar-refractivity contribution in [3.8, 4) is 17.3 Å². The lowest BCUT2D eigenvalue weighted by atomic mass is 9.93. The van der Waals surface area contributed by atoms with Gasteiger partial charge in [-0.1, -0.05) is 0 Å². The number of nitrogens with two attached hydrogens (primary N) is 1. The maximum absolute atomic E-state index is 13.9. The van der Waals surface area contributed by atoms with Crippen LogP contribution in [0.4, 0.5) is 4.79 Å². The van der Waals surface area contributed by atoms with Crippen LogP contribution in [0.3, 0.4) is 0 Å². The molecule has 2 fully saturated rings. The Morgan fingerprint density at radius 1 is 1.14 bits per heavy atom. The fourth-order valence-electron chi connectivity index (χ4n) is 6.07. The van der Waals surface area contributed by atoms with Crippen molar-refractivity contribution in [3.63, 3.8) is 0 Å². The molecule has 232 valence electrons. The second-order valence-electron chi connectivity index (χ2n) is 12.9. The molecule has 12 heteroatoms. The van der Waals surface area contributed by atoms with Crippen molar-refractivity contribution in [2.24, 2.45) is 24.6 Å². The number of amides is 3. The van der Waals surface area contributed by atoms with Crippen molar-refractivity contribution < 1.29 is 23.9 Å². The Labute approximate surface area is 255 Å². The van der Waals surface area contributed by atoms with E-state index in [4.69, 9.17) is 20.2 Å². The molecular formula is C32H39N7O5. The number of piperidine rings is 1. The second-order valence-corrected chi connectivity index (χ2v) is 12.9. The molecule has 4 aromatic rings. The van der Waals surface area contributed by atoms with E-state index in [0.29, 0.717) is 29.2 Å². The molecule has 0 spiro atoms. The zero-order valence-corrected chi connectivity index (χ0v) is 25.8. The lowest BCUT2D eigenvalue weighted by Crippen LogP contribution is -2.55. The van der Waals surface area contributed by atoms with E-state index in [1.54, 1.807) is 44.9 Å². The Hall–Kier alpha value is -4.61. The van der Waals surface area contributed by atoms with Crippen LogP contribution in [0.2, 0.25) is 0 Å². The highest BCUT2D eigenvalue weighted by atomic mass is 16.6. The van der Waals surface area contributed by atoms with Crippen LogP contribution in [0, 0.1) is 11.8 Å². The van der Waals surface area contributed by atoms with E-state index < -0.39 is 29.6 Å². The van der Waals surface area contributed by atoms with E-state index in [-0.39, 0.29) is 19.0 Å². The molecule has 6 rings (SSSR count). The van der Waals surface area contributed by atoms with E-state index in [1.807, 2.05) is 23.9 Å². The lowest BCUT2D eigenvalue weighted by Gasteiger charge is -2.37. The molecule has 3 amide bonds. The van der Waals surface area contributed by atoms with Crippen LogP contribution in [0.25, 0.3) is 33.6 Å². The van der Waals surface area contributed by atoms with E-state index >= 15 is 0 Å². The molecule has 1 aliphatic heterocycles. The average molecular weight is 602 g/mol. The van der Waals surface area contributed by atoms with Crippen molar-refractivity contribution in [1.82, 2.24) is 29.3 Å². The highest BCUT2D eigenvalue weighted by molar-refractivity contribution is 6.00. The Balaban J connectivity index is 1.34. The second kappa shape index (κ2) is 11.1. The summed E-state index contributed by atoms with van der Waals surface area (Å²) in [5.74, 6) is 0.407. The van der Waals surface area contributed by atoms with Gasteiger partial charge in [-0.05, 0) is 76.3 Å². The molecule has 44 heavy (non-hydrogen) atoms. The fraction of sp³-hybridized carbons (Fsp3) is 0.469. The molecule has 1 saturated carbocycles. The van der Waals surface area contributed by atoms with Gasteiger partial charge in [-0.15, -0.1) is 0 Å². The maximum atomic E-state index is 13.9. The van der Waals surface area contributed by atoms with Gasteiger partial charge in [0, 0.05) is 43.8 Å². The minimum atomic E-state index is -0.687. The van der Waals surface area contributed by atoms with E-state index in [0.717, 1.165) is 34.6 Å². The number of primary amides is 1. The normalized spacial score (nSPS) is 18.9. The first-order valence-corrected chi connectivity index (χ1v) is 15.0. The monoisotopic (exact) mass is 601 g/mol. The number of hydrogen-bond acceptors (Lipinski definition) is 7. The number of nitrogens with zero attached hydrogens (tertiary/aromatic N) is 5. The average Bonchev–Trinajstić information content (AvgIpc) is 3.64. The van der Waals surface area contributed by atoms with Crippen molar-refractivity contribution in [3.05, 3.63) is 42.1 Å². The number of pyridine rings is 1. The number of alkyl carbamates (subject to hydrolysis) is 1. The van der Waals surface area contributed by atoms with Crippen LogP contribution in [-0.2, 0) is 23.1 Å². The fourth-order valence-corrected chi connectivity index (χ4v) is 6.07. The first-order chi connectivity index (χ1) is 20.9. The third-order valence-electron chi connectivity index (χ3n) is 8.28. The number of ether oxygens (including phenoxy) is 2. The number of nitrogens with one attached hydrogen (secondary N) is 1. The molecule has 1 aromatic carbocycles. The molecule has 4 heterocycles. The Morgan fingerprint density at radius 2 is 1.91 bits per heavy atom. The first kappa shape index (κ1) is 29.5. The largest absolute Gasteiger partial charge is 0.494 e. The zero-order valence-electron chi connectivity index (χ0n) is 25.8. The molecule has 1 aliphatic carbocycles. The summed E-state index contributed by atoms with van der Waals surface area (Å²) in [5.41, 5.74) is 8.59. The Bertz CT molecular complexity index is 1760. The lowest BCUT2D eigenvalue weighted by molar-refractivity contribution is -0.123. The molecule has 3 aromatic heterocycles. The molecule has 2 atom stereocenters. The quantitative estimate of drug-likeness (QED) is 0.327. The van der Waals surface area contributed by atoms with Gasteiger partial charge >= 0.3 is 6.09 Å². The SMILES string of the molecule is COc1cc(C(=O)N2CC(NC(=O)OC(C)(C)C)CC(C(N)=O)C2)cc2nc(-c3cc4cccnc4n3CC3CC3)n(C)c12. The van der Waals surface area contributed by atoms with Crippen molar-refractivity contribution in [2.75, 3.05) is 20.2 Å². The summed E-state index contributed by atoms with van der Waals surface area (Å²) in [6.45, 7) is 6.52. The van der Waals surface area contributed by atoms with Crippen molar-refractivity contribution in [1.29, 1.82) is 0 Å². The third-order valence-corrected chi connectivity index (χ3v) is 8.28. The highest BCUT2D eigenvalue weighted by Crippen LogP contribution is 2.37. The van der Waals surface area contributed by atoms with E-state index in [2.05, 4.69) is 27.0 Å². The predicted molar refractivity (Wildman–Crippen MR) is 165 cm³/mol. The molecule has 0 radical (unpaired) electrons. The van der Waals surface area contributed by atoms with Crippen LogP contribution >= 0.6 is 0 Å². The number of rotatable bonds is 7.